The molecule has 0 saturated carbocycles. The Kier molecular flexibility index (Phi) is 12.0. The summed E-state index contributed by atoms with van der Waals surface area (Å²) < 4.78 is 13.2. The maximum absolute atomic E-state index is 14.4. The first-order chi connectivity index (χ1) is 23.0. The average Bonchev–Trinajstić information content (AvgIpc) is 3.49. The van der Waals surface area contributed by atoms with E-state index in [9.17, 15) is 10.3 Å². The number of unbranched alkanes of at least 4 members (excludes halogenated alkanes) is 1. The van der Waals surface area contributed by atoms with Crippen LogP contribution in [0, 0.1) is 0 Å². The Bertz CT molecular complexity index is 1700. The molecule has 10 nitrogen and oxygen atoms in total. The van der Waals surface area contributed by atoms with Gasteiger partial charge in [0.25, 0.3) is 5.91 Å². The minimum atomic E-state index is -1.46. The number of azide groups is 1. The van der Waals surface area contributed by atoms with Crippen molar-refractivity contribution < 1.29 is 19.4 Å². The van der Waals surface area contributed by atoms with E-state index in [1.165, 1.54) is 5.56 Å². The molecule has 0 bridgehead atoms. The van der Waals surface area contributed by atoms with Gasteiger partial charge in [0.1, 0.15) is 5.75 Å². The highest BCUT2D eigenvalue weighted by atomic mass is 79.9. The van der Waals surface area contributed by atoms with Crippen molar-refractivity contribution in [3.63, 3.8) is 0 Å². The third kappa shape index (κ3) is 8.78. The number of aliphatic imine (C=N–C) groups is 1. The van der Waals surface area contributed by atoms with Gasteiger partial charge < -0.3 is 14.6 Å². The Morgan fingerprint density at radius 3 is 2.47 bits per heavy atom. The maximum atomic E-state index is 14.4. The minimum Gasteiger partial charge on any atom is -0.494 e. The van der Waals surface area contributed by atoms with E-state index >= 15 is 0 Å². The summed E-state index contributed by atoms with van der Waals surface area (Å²) in [4.78, 5) is 22.5. The number of hydrazine groups is 1. The number of ether oxygens (including phenoxy) is 2. The lowest BCUT2D eigenvalue weighted by atomic mass is 9.81. The number of amides is 1. The molecule has 1 aliphatic heterocycles. The van der Waals surface area contributed by atoms with E-state index in [2.05, 4.69) is 48.9 Å². The second kappa shape index (κ2) is 16.8. The third-order valence-electron chi connectivity index (χ3n) is 7.87. The summed E-state index contributed by atoms with van der Waals surface area (Å²) in [7, 11) is 0. The summed E-state index contributed by atoms with van der Waals surface area (Å²) >= 11 is 3.51. The summed E-state index contributed by atoms with van der Waals surface area (Å²) in [6, 6.07) is 32.4. The number of nitrogens with zero attached hydrogens (tertiary/aromatic N) is 4. The lowest BCUT2D eigenvalue weighted by Gasteiger charge is -2.31. The van der Waals surface area contributed by atoms with Crippen LogP contribution < -0.4 is 15.6 Å². The van der Waals surface area contributed by atoms with Gasteiger partial charge in [-0.15, -0.1) is 0 Å². The van der Waals surface area contributed by atoms with Gasteiger partial charge in [-0.2, -0.15) is 0 Å². The molecule has 1 heterocycles. The number of halogens is 1. The molecule has 0 fully saturated rings. The average molecular weight is 698 g/mol. The van der Waals surface area contributed by atoms with Gasteiger partial charge in [-0.25, -0.2) is 10.4 Å². The van der Waals surface area contributed by atoms with Crippen LogP contribution in [0.1, 0.15) is 47.6 Å². The summed E-state index contributed by atoms with van der Waals surface area (Å²) in [5, 5.41) is 13.0. The molecule has 0 radical (unpaired) electrons. The fourth-order valence-electron chi connectivity index (χ4n) is 5.45. The Hall–Kier alpha value is -4.67. The van der Waals surface area contributed by atoms with Crippen LogP contribution in [-0.4, -0.2) is 42.2 Å². The predicted molar refractivity (Wildman–Crippen MR) is 185 cm³/mol. The van der Waals surface area contributed by atoms with Crippen molar-refractivity contribution in [3.8, 4) is 5.75 Å². The Labute approximate surface area is 282 Å². The molecule has 0 unspecified atom stereocenters. The molecule has 5 rings (SSSR count). The molecular weight excluding hydrogens is 660 g/mol. The lowest BCUT2D eigenvalue weighted by molar-refractivity contribution is -0.130. The number of aryl methyl sites for hydroxylation is 1. The van der Waals surface area contributed by atoms with E-state index in [1.807, 2.05) is 66.7 Å². The molecule has 0 aromatic heterocycles. The first-order valence-corrected chi connectivity index (χ1v) is 16.4. The van der Waals surface area contributed by atoms with Crippen molar-refractivity contribution in [2.24, 2.45) is 10.1 Å². The van der Waals surface area contributed by atoms with Crippen LogP contribution in [0.15, 0.2) is 118 Å². The maximum Gasteiger partial charge on any atom is 0.266 e. The number of aliphatic hydroxyl groups excluding tert-OH is 1. The number of hydrogen-bond donors (Lipinski definition) is 3. The van der Waals surface area contributed by atoms with Crippen LogP contribution in [0.5, 0.6) is 5.75 Å². The molecule has 47 heavy (non-hydrogen) atoms. The van der Waals surface area contributed by atoms with Gasteiger partial charge in [0.2, 0.25) is 5.90 Å². The first-order valence-electron chi connectivity index (χ1n) is 15.6. The second-order valence-corrected chi connectivity index (χ2v) is 12.1. The molecule has 4 aromatic rings. The van der Waals surface area contributed by atoms with E-state index in [-0.39, 0.29) is 18.9 Å². The number of benzene rings is 4. The lowest BCUT2D eigenvalue weighted by Crippen LogP contribution is -2.54. The summed E-state index contributed by atoms with van der Waals surface area (Å²) in [6.45, 7) is 1.02. The Morgan fingerprint density at radius 1 is 0.979 bits per heavy atom. The molecule has 3 N–H and O–H groups in total. The van der Waals surface area contributed by atoms with E-state index in [4.69, 9.17) is 19.6 Å². The van der Waals surface area contributed by atoms with Crippen LogP contribution in [0.25, 0.3) is 10.4 Å². The van der Waals surface area contributed by atoms with Gasteiger partial charge in [-0.1, -0.05) is 87.8 Å². The SMILES string of the molecule is [N-]=[N+]=Nc1ccccc1C[C@]1(C(=O)NNCCCCc2ccccc2)N=C(c2ccc(OCCCO)cc2)O[C@H]1c1ccc(Br)cc1. The molecule has 11 heteroatoms. The molecule has 1 aliphatic rings. The summed E-state index contributed by atoms with van der Waals surface area (Å²) in [6.07, 6.45) is 2.61. The smallest absolute Gasteiger partial charge is 0.266 e. The monoisotopic (exact) mass is 696 g/mol. The number of nitrogens with one attached hydrogen (secondary N) is 2. The predicted octanol–water partition coefficient (Wildman–Crippen LogP) is 7.30. The minimum absolute atomic E-state index is 0.0513. The van der Waals surface area contributed by atoms with Crippen LogP contribution >= 0.6 is 15.9 Å². The normalized spacial score (nSPS) is 16.9. The molecule has 0 spiro atoms. The van der Waals surface area contributed by atoms with Gasteiger partial charge in [-0.05, 0) is 77.9 Å². The quantitative estimate of drug-likeness (QED) is 0.0371. The van der Waals surface area contributed by atoms with Crippen LogP contribution in [-0.2, 0) is 22.4 Å². The fourth-order valence-corrected chi connectivity index (χ4v) is 5.72. The van der Waals surface area contributed by atoms with Crippen molar-refractivity contribution in [1.82, 2.24) is 10.9 Å². The van der Waals surface area contributed by atoms with Crippen molar-refractivity contribution in [2.45, 2.75) is 43.7 Å². The third-order valence-corrected chi connectivity index (χ3v) is 8.40. The number of rotatable bonds is 16. The molecule has 2 atom stereocenters. The highest BCUT2D eigenvalue weighted by molar-refractivity contribution is 9.10. The van der Waals surface area contributed by atoms with E-state index < -0.39 is 11.6 Å². The summed E-state index contributed by atoms with van der Waals surface area (Å²) in [5.41, 5.74) is 17.6. The van der Waals surface area contributed by atoms with Crippen LogP contribution in [0.4, 0.5) is 5.69 Å². The molecule has 0 saturated heterocycles. The Morgan fingerprint density at radius 2 is 1.72 bits per heavy atom. The van der Waals surface area contributed by atoms with Gasteiger partial charge in [0, 0.05) is 46.6 Å². The van der Waals surface area contributed by atoms with Crippen molar-refractivity contribution in [2.75, 3.05) is 19.8 Å². The number of hydrogen-bond acceptors (Lipinski definition) is 7. The molecule has 4 aromatic carbocycles. The van der Waals surface area contributed by atoms with Gasteiger partial charge in [0.15, 0.2) is 11.6 Å². The van der Waals surface area contributed by atoms with Gasteiger partial charge >= 0.3 is 0 Å². The number of aliphatic hydroxyl groups is 1. The van der Waals surface area contributed by atoms with E-state index in [0.29, 0.717) is 48.0 Å². The standard InChI is InChI=1S/C36H37BrN6O4/c37-30-18-14-27(15-19-30)33-36(25-29-12-4-5-13-32(29)41-43-38,35(45)42-39-22-7-6-11-26-9-2-1-3-10-26)40-34(47-33)28-16-20-31(21-17-28)46-24-8-23-44/h1-5,9-10,12-21,33,39,44H,6-8,11,22-25H2,(H,42,45)/t33-,36-/m0/s1. The molecule has 242 valence electrons. The van der Waals surface area contributed by atoms with Crippen molar-refractivity contribution in [1.29, 1.82) is 0 Å². The summed E-state index contributed by atoms with van der Waals surface area (Å²) in [5.74, 6) is 0.580. The van der Waals surface area contributed by atoms with E-state index in [0.717, 1.165) is 29.3 Å². The fraction of sp³-hybridized carbons (Fsp3) is 0.278. The number of carbonyl (C=O) groups is 1. The highest BCUT2D eigenvalue weighted by Crippen LogP contribution is 2.44. The van der Waals surface area contributed by atoms with Gasteiger partial charge in [-0.3, -0.25) is 10.2 Å². The highest BCUT2D eigenvalue weighted by Gasteiger charge is 2.53. The van der Waals surface area contributed by atoms with E-state index in [1.54, 1.807) is 24.3 Å². The second-order valence-electron chi connectivity index (χ2n) is 11.2. The number of carbonyl (C=O) groups excluding carboxylic acids is 1. The topological polar surface area (TPSA) is 141 Å². The zero-order valence-electron chi connectivity index (χ0n) is 25.9. The first kappa shape index (κ1) is 33.7. The molecule has 0 aliphatic carbocycles. The van der Waals surface area contributed by atoms with Gasteiger partial charge in [0.05, 0.1) is 6.61 Å². The zero-order valence-corrected chi connectivity index (χ0v) is 27.5. The zero-order chi connectivity index (χ0) is 32.9. The molecule has 1 amide bonds. The van der Waals surface area contributed by atoms with Crippen LogP contribution in [0.2, 0.25) is 0 Å². The largest absolute Gasteiger partial charge is 0.494 e. The van der Waals surface area contributed by atoms with Crippen molar-refractivity contribution in [3.05, 3.63) is 140 Å². The van der Waals surface area contributed by atoms with Crippen molar-refractivity contribution >= 4 is 33.4 Å². The van der Waals surface area contributed by atoms with Crippen LogP contribution in [0.3, 0.4) is 0 Å². The molecular formula is C36H37BrN6O4. The Balaban J connectivity index is 1.45.